The molecule has 0 aliphatic carbocycles. The number of benzene rings is 5. The molecule has 105 heavy (non-hydrogen) atoms. The lowest BCUT2D eigenvalue weighted by Gasteiger charge is -2.05. The summed E-state index contributed by atoms with van der Waals surface area (Å²) in [5.41, 5.74) is 32.1. The Morgan fingerprint density at radius 3 is 0.962 bits per heavy atom. The second-order valence-corrected chi connectivity index (χ2v) is 22.4. The second kappa shape index (κ2) is 33.9. The van der Waals surface area contributed by atoms with Crippen molar-refractivity contribution >= 4 is 123 Å². The maximum Gasteiger partial charge on any atom is 0.248 e. The summed E-state index contributed by atoms with van der Waals surface area (Å²) in [4.78, 5) is 41.1. The molecule has 530 valence electrons. The zero-order valence-corrected chi connectivity index (χ0v) is 56.9. The van der Waals surface area contributed by atoms with Crippen molar-refractivity contribution in [3.05, 3.63) is 263 Å². The molecular formula is C67H57Cl3F4N30O. The highest BCUT2D eigenvalue weighted by molar-refractivity contribution is 6.33. The monoisotopic (exact) mass is 1480 g/mol. The Bertz CT molecular complexity index is 5060. The number of aromatic nitrogens is 20. The highest BCUT2D eigenvalue weighted by Gasteiger charge is 2.18. The van der Waals surface area contributed by atoms with E-state index in [1.807, 2.05) is 67.6 Å². The van der Waals surface area contributed by atoms with Crippen LogP contribution >= 0.6 is 34.8 Å². The van der Waals surface area contributed by atoms with Crippen molar-refractivity contribution in [2.24, 2.45) is 0 Å². The van der Waals surface area contributed by atoms with Gasteiger partial charge in [-0.05, 0) is 146 Å². The second-order valence-electron chi connectivity index (χ2n) is 21.1. The molecule has 31 nitrogen and oxygen atoms in total. The first kappa shape index (κ1) is 72.2. The summed E-state index contributed by atoms with van der Waals surface area (Å²) >= 11 is 17.7. The Morgan fingerprint density at radius 1 is 0.333 bits per heavy atom. The minimum Gasteiger partial charge on any atom is -0.497 e. The molecule has 0 spiro atoms. The van der Waals surface area contributed by atoms with Crippen LogP contribution in [0.15, 0.2) is 219 Å². The molecule has 0 amide bonds. The lowest BCUT2D eigenvalue weighted by molar-refractivity contribution is 0.411. The third kappa shape index (κ3) is 19.1. The lowest BCUT2D eigenvalue weighted by atomic mass is 10.2. The number of nitrogens with two attached hydrogens (primary N) is 5. The van der Waals surface area contributed by atoms with Crippen molar-refractivity contribution in [2.45, 2.75) is 6.92 Å². The molecule has 0 aliphatic heterocycles. The number of aryl methyl sites for hydroxylation is 1. The molecule has 0 unspecified atom stereocenters. The Kier molecular flexibility index (Phi) is 23.3. The van der Waals surface area contributed by atoms with E-state index in [-0.39, 0.29) is 64.6 Å². The molecule has 15 aromatic rings. The normalized spacial score (nSPS) is 10.5. The van der Waals surface area contributed by atoms with Crippen molar-refractivity contribution in [1.82, 2.24) is 98.7 Å². The standard InChI is InChI=1S/C14H13ClN6.C14H13FN6O.C13H10ClFN6.C13H11ClN6.C13H10F2N6/c1-9-8-10(15)5-6-11(9)18-14-19-13(16)21(20-14)12-4-2-3-7-17-12;1-22-9-5-6-11(10(15)8-9)18-14-19-13(16)21(20-14)12-4-2-3-7-17-12;14-8-4-5-10(9(15)7-8)18-13-19-12(16)21(20-13)11-3-1-2-6-17-11;14-9-5-1-2-6-10(9)17-13-18-12(15)20(19-13)11-7-3-4-8-16-11;14-8-4-5-10(9(15)7-8)18-13-19-12(16)21(20-13)11-3-1-2-6-17-11/h2-8H,1H3,(H3,16,18,19,20);2-8H,1H3,(H3,16,18,19,20);1-7H,(H3,16,18,19,20);1-8H,(H3,15,17,18,19);1-7H,(H3,16,18,19,20). The van der Waals surface area contributed by atoms with Gasteiger partial charge in [-0.1, -0.05) is 77.3 Å². The van der Waals surface area contributed by atoms with Crippen LogP contribution < -0.4 is 60.0 Å². The van der Waals surface area contributed by atoms with Crippen LogP contribution in [0.1, 0.15) is 5.56 Å². The van der Waals surface area contributed by atoms with Gasteiger partial charge < -0.3 is 60.0 Å². The number of hydrogen-bond acceptors (Lipinski definition) is 26. The molecule has 0 aliphatic rings. The van der Waals surface area contributed by atoms with Crippen LogP contribution in [-0.4, -0.2) is 106 Å². The summed E-state index contributed by atoms with van der Waals surface area (Å²) in [5.74, 6) is 2.87. The topological polar surface area (TPSA) is 417 Å². The summed E-state index contributed by atoms with van der Waals surface area (Å²) in [5, 5.41) is 36.9. The Labute approximate surface area is 607 Å². The minimum absolute atomic E-state index is 0.0505. The minimum atomic E-state index is -0.747. The molecule has 0 saturated carbocycles. The fraction of sp³-hybridized carbons (Fsp3) is 0.0299. The van der Waals surface area contributed by atoms with Crippen molar-refractivity contribution in [1.29, 1.82) is 0 Å². The zero-order chi connectivity index (χ0) is 73.9. The van der Waals surface area contributed by atoms with Crippen LogP contribution in [0.25, 0.3) is 29.1 Å². The molecule has 15 rings (SSSR count). The van der Waals surface area contributed by atoms with Crippen LogP contribution in [0.4, 0.5) is 105 Å². The van der Waals surface area contributed by atoms with E-state index in [1.165, 1.54) is 60.9 Å². The molecule has 0 saturated heterocycles. The van der Waals surface area contributed by atoms with E-state index in [9.17, 15) is 17.6 Å². The first-order valence-electron chi connectivity index (χ1n) is 30.6. The predicted octanol–water partition coefficient (Wildman–Crippen LogP) is 12.8. The summed E-state index contributed by atoms with van der Waals surface area (Å²) in [6.45, 7) is 1.95. The van der Waals surface area contributed by atoms with Crippen molar-refractivity contribution in [3.8, 4) is 34.8 Å². The van der Waals surface area contributed by atoms with Gasteiger partial charge in [-0.2, -0.15) is 48.3 Å². The number of halogens is 7. The number of hydrogen-bond donors (Lipinski definition) is 10. The van der Waals surface area contributed by atoms with Crippen LogP contribution in [0.2, 0.25) is 15.1 Å². The maximum atomic E-state index is 13.9. The Morgan fingerprint density at radius 2 is 0.638 bits per heavy atom. The molecule has 0 radical (unpaired) electrons. The first-order valence-corrected chi connectivity index (χ1v) is 31.7. The molecule has 38 heteroatoms. The largest absolute Gasteiger partial charge is 0.497 e. The molecule has 5 aromatic carbocycles. The summed E-state index contributed by atoms with van der Waals surface area (Å²) < 4.78 is 65.9. The van der Waals surface area contributed by atoms with Gasteiger partial charge in [0.2, 0.25) is 59.5 Å². The number of ether oxygens (including phenoxy) is 1. The predicted molar refractivity (Wildman–Crippen MR) is 393 cm³/mol. The molecule has 0 fully saturated rings. The zero-order valence-electron chi connectivity index (χ0n) is 54.7. The molecule has 0 bridgehead atoms. The summed E-state index contributed by atoms with van der Waals surface area (Å²) in [6.07, 6.45) is 8.16. The van der Waals surface area contributed by atoms with E-state index >= 15 is 0 Å². The van der Waals surface area contributed by atoms with Crippen LogP contribution in [-0.2, 0) is 0 Å². The van der Waals surface area contributed by atoms with E-state index in [0.717, 1.165) is 23.4 Å². The van der Waals surface area contributed by atoms with Gasteiger partial charge in [-0.15, -0.1) is 25.5 Å². The fourth-order valence-electron chi connectivity index (χ4n) is 8.96. The van der Waals surface area contributed by atoms with E-state index in [2.05, 4.69) is 102 Å². The highest BCUT2D eigenvalue weighted by Crippen LogP contribution is 2.29. The van der Waals surface area contributed by atoms with E-state index in [0.29, 0.717) is 67.5 Å². The van der Waals surface area contributed by atoms with Gasteiger partial charge >= 0.3 is 0 Å². The van der Waals surface area contributed by atoms with Crippen molar-refractivity contribution < 1.29 is 22.3 Å². The van der Waals surface area contributed by atoms with Crippen LogP contribution in [0.3, 0.4) is 0 Å². The number of nitrogens with one attached hydrogen (secondary N) is 5. The average molecular weight is 1480 g/mol. The van der Waals surface area contributed by atoms with E-state index < -0.39 is 23.3 Å². The smallest absolute Gasteiger partial charge is 0.248 e. The number of methoxy groups -OCH3 is 1. The maximum absolute atomic E-state index is 13.9. The summed E-state index contributed by atoms with van der Waals surface area (Å²) in [6, 6.07) is 51.5. The Balaban J connectivity index is 0.000000131. The summed E-state index contributed by atoms with van der Waals surface area (Å²) in [7, 11) is 1.47. The number of para-hydroxylation sites is 1. The molecular weight excluding hydrogens is 1420 g/mol. The molecule has 15 N–H and O–H groups in total. The van der Waals surface area contributed by atoms with Gasteiger partial charge in [0.15, 0.2) is 29.1 Å². The van der Waals surface area contributed by atoms with Crippen LogP contribution in [0, 0.1) is 30.2 Å². The lowest BCUT2D eigenvalue weighted by Crippen LogP contribution is -2.04. The number of nitrogens with zero attached hydrogens (tertiary/aromatic N) is 20. The van der Waals surface area contributed by atoms with Gasteiger partial charge in [0.1, 0.15) is 29.0 Å². The van der Waals surface area contributed by atoms with Crippen molar-refractivity contribution in [2.75, 3.05) is 62.4 Å². The van der Waals surface area contributed by atoms with E-state index in [4.69, 9.17) is 68.2 Å². The van der Waals surface area contributed by atoms with E-state index in [1.54, 1.807) is 116 Å². The van der Waals surface area contributed by atoms with Gasteiger partial charge in [0, 0.05) is 58.8 Å². The number of rotatable bonds is 16. The highest BCUT2D eigenvalue weighted by atomic mass is 35.5. The fourth-order valence-corrected chi connectivity index (χ4v) is 9.53. The van der Waals surface area contributed by atoms with Gasteiger partial charge in [0.25, 0.3) is 0 Å². The van der Waals surface area contributed by atoms with Gasteiger partial charge in [0.05, 0.1) is 34.9 Å². The molecule has 10 aromatic heterocycles. The number of anilines is 15. The molecule has 10 heterocycles. The first-order chi connectivity index (χ1) is 50.8. The van der Waals surface area contributed by atoms with Crippen LogP contribution in [0.5, 0.6) is 5.75 Å². The number of pyridine rings is 5. The van der Waals surface area contributed by atoms with Crippen molar-refractivity contribution in [3.63, 3.8) is 0 Å². The third-order valence-corrected chi connectivity index (χ3v) is 14.6. The molecule has 0 atom stereocenters. The van der Waals surface area contributed by atoms with Gasteiger partial charge in [-0.25, -0.2) is 42.5 Å². The third-order valence-electron chi connectivity index (χ3n) is 13.8. The SMILES string of the molecule is COc1ccc(Nc2nc(N)n(-c3ccccn3)n2)c(F)c1.Cc1cc(Cl)ccc1Nc1nc(N)n(-c2ccccn2)n1.Nc1nc(Nc2ccc(Cl)cc2F)nn1-c1ccccn1.Nc1nc(Nc2ccc(F)cc2F)nn1-c1ccccn1.Nc1nc(Nc2ccccc2Cl)nn1-c1ccccn1. The quantitative estimate of drug-likeness (QED) is 0.0402. The number of nitrogen functional groups attached to an aromatic ring is 5. The van der Waals surface area contributed by atoms with Gasteiger partial charge in [-0.3, -0.25) is 0 Å². The average Bonchev–Trinajstić information content (AvgIpc) is 1.72. The Hall–Kier alpha value is -14.1.